The summed E-state index contributed by atoms with van der Waals surface area (Å²) in [4.78, 5) is 14.2. The van der Waals surface area contributed by atoms with Gasteiger partial charge in [-0.2, -0.15) is 0 Å². The van der Waals surface area contributed by atoms with E-state index in [1.807, 2.05) is 36.4 Å². The molecular weight excluding hydrogens is 397 g/mol. The molecule has 3 nitrogen and oxygen atoms in total. The van der Waals surface area contributed by atoms with Gasteiger partial charge in [-0.15, -0.1) is 11.8 Å². The van der Waals surface area contributed by atoms with Gasteiger partial charge in [0.1, 0.15) is 23.5 Å². The Kier molecular flexibility index (Phi) is 5.55. The van der Waals surface area contributed by atoms with Gasteiger partial charge in [0.25, 0.3) is 0 Å². The van der Waals surface area contributed by atoms with Crippen LogP contribution in [-0.4, -0.2) is 11.7 Å². The Bertz CT molecular complexity index is 961. The van der Waals surface area contributed by atoms with Crippen LogP contribution < -0.4 is 9.64 Å². The van der Waals surface area contributed by atoms with Crippen LogP contribution in [0.5, 0.6) is 5.75 Å². The summed E-state index contributed by atoms with van der Waals surface area (Å²) in [5.41, 5.74) is 2.76. The van der Waals surface area contributed by atoms with Crippen molar-refractivity contribution >= 4 is 35.0 Å². The molecule has 3 aromatic carbocycles. The van der Waals surface area contributed by atoms with Crippen LogP contribution >= 0.6 is 23.4 Å². The molecule has 6 heteroatoms. The third-order valence-electron chi connectivity index (χ3n) is 4.46. The molecule has 1 aliphatic heterocycles. The van der Waals surface area contributed by atoms with Crippen LogP contribution in [0, 0.1) is 5.82 Å². The number of amides is 1. The Hall–Kier alpha value is -2.50. The van der Waals surface area contributed by atoms with Crippen LogP contribution in [0.25, 0.3) is 0 Å². The second-order valence-corrected chi connectivity index (χ2v) is 7.89. The first kappa shape index (κ1) is 18.8. The third-order valence-corrected chi connectivity index (χ3v) is 5.92. The number of benzene rings is 3. The van der Waals surface area contributed by atoms with E-state index in [-0.39, 0.29) is 17.1 Å². The van der Waals surface area contributed by atoms with Gasteiger partial charge < -0.3 is 4.74 Å². The lowest BCUT2D eigenvalue weighted by Crippen LogP contribution is -2.27. The molecule has 0 bridgehead atoms. The largest absolute Gasteiger partial charge is 0.489 e. The molecule has 0 radical (unpaired) electrons. The minimum Gasteiger partial charge on any atom is -0.489 e. The van der Waals surface area contributed by atoms with Crippen molar-refractivity contribution < 1.29 is 13.9 Å². The van der Waals surface area contributed by atoms with E-state index in [1.165, 1.54) is 12.1 Å². The zero-order valence-corrected chi connectivity index (χ0v) is 16.4. The molecule has 4 rings (SSSR count). The second kappa shape index (κ2) is 8.25. The molecule has 1 saturated heterocycles. The zero-order chi connectivity index (χ0) is 19.5. The number of nitrogens with zero attached hydrogens (tertiary/aromatic N) is 1. The highest BCUT2D eigenvalue weighted by molar-refractivity contribution is 8.00. The Morgan fingerprint density at radius 1 is 1.00 bits per heavy atom. The van der Waals surface area contributed by atoms with Crippen LogP contribution in [0.15, 0.2) is 72.8 Å². The van der Waals surface area contributed by atoms with E-state index >= 15 is 0 Å². The topological polar surface area (TPSA) is 29.5 Å². The number of rotatable bonds is 5. The number of carbonyl (C=O) groups excluding carboxylic acids is 1. The molecule has 142 valence electrons. The summed E-state index contributed by atoms with van der Waals surface area (Å²) in [6, 6.07) is 21.3. The fraction of sp³-hybridized carbons (Fsp3) is 0.136. The number of halogens is 2. The van der Waals surface area contributed by atoms with Gasteiger partial charge in [0.15, 0.2) is 0 Å². The van der Waals surface area contributed by atoms with Crippen LogP contribution in [0.4, 0.5) is 10.1 Å². The summed E-state index contributed by atoms with van der Waals surface area (Å²) in [6.45, 7) is 0.368. The maximum absolute atomic E-state index is 13.0. The van der Waals surface area contributed by atoms with Crippen LogP contribution in [0.2, 0.25) is 5.02 Å². The summed E-state index contributed by atoms with van der Waals surface area (Å²) in [7, 11) is 0. The van der Waals surface area contributed by atoms with Crippen molar-refractivity contribution in [2.45, 2.75) is 12.0 Å². The number of carbonyl (C=O) groups is 1. The first-order valence-electron chi connectivity index (χ1n) is 8.76. The van der Waals surface area contributed by atoms with Crippen molar-refractivity contribution in [2.24, 2.45) is 0 Å². The quantitative estimate of drug-likeness (QED) is 0.526. The molecule has 3 aromatic rings. The third kappa shape index (κ3) is 4.16. The standard InChI is InChI=1S/C22H17ClFNO2S/c23-17-5-9-19(10-6-17)25-21(26)14-28-22(25)16-3-11-20(12-4-16)27-13-15-1-7-18(24)8-2-15/h1-12,22H,13-14H2/t22-/m0/s1. The van der Waals surface area contributed by atoms with Crippen LogP contribution in [0.3, 0.4) is 0 Å². The number of thioether (sulfide) groups is 1. The lowest BCUT2D eigenvalue weighted by atomic mass is 10.1. The monoisotopic (exact) mass is 413 g/mol. The van der Waals surface area contributed by atoms with Crippen LogP contribution in [0.1, 0.15) is 16.5 Å². The molecule has 28 heavy (non-hydrogen) atoms. The summed E-state index contributed by atoms with van der Waals surface area (Å²) in [5.74, 6) is 0.979. The predicted molar refractivity (Wildman–Crippen MR) is 111 cm³/mol. The van der Waals surface area contributed by atoms with Gasteiger partial charge in [0, 0.05) is 10.7 Å². The number of hydrogen-bond acceptors (Lipinski definition) is 3. The molecule has 1 heterocycles. The molecule has 1 aliphatic rings. The summed E-state index contributed by atoms with van der Waals surface area (Å²) in [5, 5.41) is 0.557. The van der Waals surface area contributed by atoms with Gasteiger partial charge in [0.05, 0.1) is 5.75 Å². The molecule has 0 unspecified atom stereocenters. The molecule has 1 fully saturated rings. The second-order valence-electron chi connectivity index (χ2n) is 6.39. The fourth-order valence-corrected chi connectivity index (χ4v) is 4.33. The van der Waals surface area contributed by atoms with E-state index < -0.39 is 0 Å². The highest BCUT2D eigenvalue weighted by Crippen LogP contribution is 2.42. The molecule has 0 spiro atoms. The fourth-order valence-electron chi connectivity index (χ4n) is 3.03. The van der Waals surface area contributed by atoms with E-state index in [1.54, 1.807) is 40.9 Å². The van der Waals surface area contributed by atoms with Crippen molar-refractivity contribution in [1.29, 1.82) is 0 Å². The average Bonchev–Trinajstić information content (AvgIpc) is 3.10. The average molecular weight is 414 g/mol. The molecular formula is C22H17ClFNO2S. The maximum atomic E-state index is 13.0. The Balaban J connectivity index is 1.47. The lowest BCUT2D eigenvalue weighted by Gasteiger charge is -2.24. The van der Waals surface area contributed by atoms with E-state index in [4.69, 9.17) is 16.3 Å². The van der Waals surface area contributed by atoms with E-state index in [0.29, 0.717) is 17.4 Å². The number of ether oxygens (including phenoxy) is 1. The van der Waals surface area contributed by atoms with Gasteiger partial charge in [-0.25, -0.2) is 4.39 Å². The summed E-state index contributed by atoms with van der Waals surface area (Å²) >= 11 is 7.56. The van der Waals surface area contributed by atoms with Gasteiger partial charge in [-0.05, 0) is 59.7 Å². The van der Waals surface area contributed by atoms with Crippen molar-refractivity contribution in [1.82, 2.24) is 0 Å². The SMILES string of the molecule is O=C1CS[C@@H](c2ccc(OCc3ccc(F)cc3)cc2)N1c1ccc(Cl)cc1. The van der Waals surface area contributed by atoms with Gasteiger partial charge >= 0.3 is 0 Å². The molecule has 0 aromatic heterocycles. The Labute approximate surface area is 172 Å². The first-order chi connectivity index (χ1) is 13.6. The number of hydrogen-bond donors (Lipinski definition) is 0. The smallest absolute Gasteiger partial charge is 0.238 e. The Morgan fingerprint density at radius 3 is 2.36 bits per heavy atom. The van der Waals surface area contributed by atoms with Crippen molar-refractivity contribution in [3.05, 3.63) is 94.8 Å². The van der Waals surface area contributed by atoms with E-state index in [9.17, 15) is 9.18 Å². The van der Waals surface area contributed by atoms with Crippen LogP contribution in [-0.2, 0) is 11.4 Å². The summed E-state index contributed by atoms with van der Waals surface area (Å²) < 4.78 is 18.7. The minimum absolute atomic E-state index is 0.0777. The lowest BCUT2D eigenvalue weighted by molar-refractivity contribution is -0.115. The van der Waals surface area contributed by atoms with Gasteiger partial charge in [0.2, 0.25) is 5.91 Å². The summed E-state index contributed by atoms with van der Waals surface area (Å²) in [6.07, 6.45) is 0. The van der Waals surface area contributed by atoms with E-state index in [2.05, 4.69) is 0 Å². The van der Waals surface area contributed by atoms with Gasteiger partial charge in [-0.1, -0.05) is 35.9 Å². The minimum atomic E-state index is -0.262. The maximum Gasteiger partial charge on any atom is 0.238 e. The molecule has 0 N–H and O–H groups in total. The molecule has 0 saturated carbocycles. The highest BCUT2D eigenvalue weighted by atomic mass is 35.5. The number of anilines is 1. The first-order valence-corrected chi connectivity index (χ1v) is 10.2. The van der Waals surface area contributed by atoms with Gasteiger partial charge in [-0.3, -0.25) is 9.69 Å². The Morgan fingerprint density at radius 2 is 1.68 bits per heavy atom. The molecule has 1 atom stereocenters. The van der Waals surface area contributed by atoms with E-state index in [0.717, 1.165) is 22.6 Å². The zero-order valence-electron chi connectivity index (χ0n) is 14.8. The van der Waals surface area contributed by atoms with Crippen molar-refractivity contribution in [3.63, 3.8) is 0 Å². The molecule has 1 amide bonds. The van der Waals surface area contributed by atoms with Crippen molar-refractivity contribution in [2.75, 3.05) is 10.7 Å². The van der Waals surface area contributed by atoms with Crippen molar-refractivity contribution in [3.8, 4) is 5.75 Å². The highest BCUT2D eigenvalue weighted by Gasteiger charge is 2.33. The normalized spacial score (nSPS) is 16.4. The molecule has 0 aliphatic carbocycles. The predicted octanol–water partition coefficient (Wildman–Crippen LogP) is 5.84.